The third-order valence-electron chi connectivity index (χ3n) is 9.79. The molecule has 0 amide bonds. The van der Waals surface area contributed by atoms with Crippen molar-refractivity contribution in [2.45, 2.75) is 91.3 Å². The SMILES string of the molecule is CC(C)CC(=O)O[C@]1(C(=O)CO)CC[C@H]2[C@@H]3C[C@H](C)C4=CC(=O)CC[C@]4(C)[C@H]3[C@@H](O)C[C@@]21C. The number of rotatable bonds is 5. The number of hydrogen-bond acceptors (Lipinski definition) is 6. The van der Waals surface area contributed by atoms with E-state index in [0.717, 1.165) is 19.3 Å². The number of esters is 1. The van der Waals surface area contributed by atoms with Crippen LogP contribution in [0.5, 0.6) is 0 Å². The Kier molecular flexibility index (Phi) is 6.18. The van der Waals surface area contributed by atoms with E-state index in [1.807, 2.05) is 26.8 Å². The van der Waals surface area contributed by atoms with Crippen molar-refractivity contribution in [1.82, 2.24) is 0 Å². The van der Waals surface area contributed by atoms with E-state index < -0.39 is 35.5 Å². The first-order valence-electron chi connectivity index (χ1n) is 12.7. The maximum Gasteiger partial charge on any atom is 0.307 e. The van der Waals surface area contributed by atoms with Crippen LogP contribution in [-0.2, 0) is 19.1 Å². The Bertz CT molecular complexity index is 876. The van der Waals surface area contributed by atoms with Crippen LogP contribution in [0.3, 0.4) is 0 Å². The van der Waals surface area contributed by atoms with Crippen LogP contribution in [0.4, 0.5) is 0 Å². The van der Waals surface area contributed by atoms with Gasteiger partial charge in [0.2, 0.25) is 5.78 Å². The van der Waals surface area contributed by atoms with Crippen molar-refractivity contribution in [3.8, 4) is 0 Å². The standard InChI is InChI=1S/C27H40O6/c1-15(2)10-23(32)33-27(22(31)14-28)9-7-19-18-11-16(3)20-12-17(29)6-8-25(20,4)24(18)21(30)13-26(19,27)5/h12,15-16,18-19,21,24,28,30H,6-11,13-14H2,1-5H3/t16-,18-,19-,21-,24+,25-,26-,27-/m0/s1. The van der Waals surface area contributed by atoms with Gasteiger partial charge < -0.3 is 14.9 Å². The molecule has 0 spiro atoms. The van der Waals surface area contributed by atoms with Crippen molar-refractivity contribution >= 4 is 17.5 Å². The van der Waals surface area contributed by atoms with E-state index >= 15 is 0 Å². The monoisotopic (exact) mass is 460 g/mol. The molecule has 0 heterocycles. The van der Waals surface area contributed by atoms with Gasteiger partial charge in [0.25, 0.3) is 0 Å². The minimum atomic E-state index is -1.40. The minimum Gasteiger partial charge on any atom is -0.450 e. The second-order valence-electron chi connectivity index (χ2n) is 12.1. The van der Waals surface area contributed by atoms with Crippen LogP contribution in [0.2, 0.25) is 0 Å². The first-order chi connectivity index (χ1) is 15.4. The van der Waals surface area contributed by atoms with Crippen LogP contribution in [0.15, 0.2) is 11.6 Å². The summed E-state index contributed by atoms with van der Waals surface area (Å²) in [5.41, 5.74) is -1.20. The van der Waals surface area contributed by atoms with E-state index in [0.29, 0.717) is 19.3 Å². The normalized spacial score (nSPS) is 44.5. The zero-order valence-electron chi connectivity index (χ0n) is 20.7. The number of carbonyl (C=O) groups is 3. The van der Waals surface area contributed by atoms with Crippen molar-refractivity contribution in [3.05, 3.63) is 11.6 Å². The van der Waals surface area contributed by atoms with E-state index in [9.17, 15) is 24.6 Å². The molecule has 0 aromatic rings. The molecule has 8 atom stereocenters. The van der Waals surface area contributed by atoms with Gasteiger partial charge in [0.1, 0.15) is 6.61 Å². The molecule has 0 bridgehead atoms. The highest BCUT2D eigenvalue weighted by molar-refractivity contribution is 5.92. The summed E-state index contributed by atoms with van der Waals surface area (Å²) in [7, 11) is 0. The van der Waals surface area contributed by atoms with E-state index in [1.54, 1.807) is 0 Å². The molecule has 0 saturated heterocycles. The maximum absolute atomic E-state index is 13.2. The van der Waals surface area contributed by atoms with Crippen LogP contribution >= 0.6 is 0 Å². The van der Waals surface area contributed by atoms with E-state index in [2.05, 4.69) is 13.8 Å². The predicted octanol–water partition coefficient (Wildman–Crippen LogP) is 3.62. The fourth-order valence-electron chi connectivity index (χ4n) is 8.49. The smallest absolute Gasteiger partial charge is 0.307 e. The first kappa shape index (κ1) is 24.6. The number of ether oxygens (including phenoxy) is 1. The van der Waals surface area contributed by atoms with Gasteiger partial charge in [-0.15, -0.1) is 0 Å². The van der Waals surface area contributed by atoms with E-state index in [4.69, 9.17) is 4.74 Å². The molecule has 33 heavy (non-hydrogen) atoms. The Morgan fingerprint density at radius 3 is 2.58 bits per heavy atom. The summed E-state index contributed by atoms with van der Waals surface area (Å²) >= 11 is 0. The Labute approximate surface area is 197 Å². The highest BCUT2D eigenvalue weighted by Crippen LogP contribution is 2.69. The average Bonchev–Trinajstić information content (AvgIpc) is 3.00. The Hall–Kier alpha value is -1.53. The van der Waals surface area contributed by atoms with Gasteiger partial charge in [-0.3, -0.25) is 14.4 Å². The molecule has 6 nitrogen and oxygen atoms in total. The number of ketones is 2. The highest BCUT2D eigenvalue weighted by atomic mass is 16.6. The molecular formula is C27H40O6. The third-order valence-corrected chi connectivity index (χ3v) is 9.79. The van der Waals surface area contributed by atoms with Crippen LogP contribution in [0.1, 0.15) is 79.6 Å². The van der Waals surface area contributed by atoms with Crippen molar-refractivity contribution < 1.29 is 29.3 Å². The molecule has 3 fully saturated rings. The topological polar surface area (TPSA) is 101 Å². The largest absolute Gasteiger partial charge is 0.450 e. The fraction of sp³-hybridized carbons (Fsp3) is 0.815. The molecule has 2 N–H and O–H groups in total. The van der Waals surface area contributed by atoms with Crippen molar-refractivity contribution in [1.29, 1.82) is 0 Å². The lowest BCUT2D eigenvalue weighted by Gasteiger charge is -2.62. The molecule has 0 aromatic carbocycles. The van der Waals surface area contributed by atoms with Gasteiger partial charge in [-0.2, -0.15) is 0 Å². The van der Waals surface area contributed by atoms with Crippen LogP contribution in [0.25, 0.3) is 0 Å². The zero-order chi connectivity index (χ0) is 24.3. The molecular weight excluding hydrogens is 420 g/mol. The van der Waals surface area contributed by atoms with Gasteiger partial charge in [0.05, 0.1) is 6.10 Å². The summed E-state index contributed by atoms with van der Waals surface area (Å²) in [6.45, 7) is 9.54. The van der Waals surface area contributed by atoms with E-state index in [-0.39, 0.29) is 47.2 Å². The Morgan fingerprint density at radius 2 is 1.94 bits per heavy atom. The number of hydrogen-bond donors (Lipinski definition) is 2. The lowest BCUT2D eigenvalue weighted by molar-refractivity contribution is -0.203. The van der Waals surface area contributed by atoms with Gasteiger partial charge >= 0.3 is 5.97 Å². The zero-order valence-corrected chi connectivity index (χ0v) is 20.7. The lowest BCUT2D eigenvalue weighted by Crippen LogP contribution is -2.63. The maximum atomic E-state index is 13.2. The second kappa shape index (κ2) is 8.30. The van der Waals surface area contributed by atoms with E-state index in [1.165, 1.54) is 5.57 Å². The first-order valence-corrected chi connectivity index (χ1v) is 12.7. The van der Waals surface area contributed by atoms with Crippen molar-refractivity contribution in [2.75, 3.05) is 6.61 Å². The van der Waals surface area contributed by atoms with Crippen molar-refractivity contribution in [2.24, 2.45) is 40.4 Å². The number of aliphatic hydroxyl groups is 2. The lowest BCUT2D eigenvalue weighted by atomic mass is 9.44. The second-order valence-corrected chi connectivity index (χ2v) is 12.1. The third kappa shape index (κ3) is 3.54. The number of fused-ring (bicyclic) bond motifs is 5. The van der Waals surface area contributed by atoms with Gasteiger partial charge in [-0.25, -0.2) is 0 Å². The summed E-state index contributed by atoms with van der Waals surface area (Å²) in [5.74, 6) is -0.0797. The summed E-state index contributed by atoms with van der Waals surface area (Å²) in [6.07, 6.45) is 4.94. The molecule has 6 heteroatoms. The Morgan fingerprint density at radius 1 is 1.24 bits per heavy atom. The van der Waals surface area contributed by atoms with Gasteiger partial charge in [-0.1, -0.05) is 40.2 Å². The average molecular weight is 461 g/mol. The number of aliphatic hydroxyl groups excluding tert-OH is 2. The van der Waals surface area contributed by atoms with Gasteiger partial charge in [0, 0.05) is 18.3 Å². The molecule has 0 aromatic heterocycles. The molecule has 4 aliphatic carbocycles. The molecule has 3 saturated carbocycles. The summed E-state index contributed by atoms with van der Waals surface area (Å²) < 4.78 is 6.02. The van der Waals surface area contributed by atoms with Crippen LogP contribution < -0.4 is 0 Å². The van der Waals surface area contributed by atoms with Crippen LogP contribution in [0, 0.1) is 40.4 Å². The summed E-state index contributed by atoms with van der Waals surface area (Å²) in [4.78, 5) is 38.2. The summed E-state index contributed by atoms with van der Waals surface area (Å²) in [5, 5.41) is 21.5. The Balaban J connectivity index is 1.74. The molecule has 0 aliphatic heterocycles. The molecule has 4 rings (SSSR count). The van der Waals surface area contributed by atoms with Gasteiger partial charge in [-0.05, 0) is 73.2 Å². The fourth-order valence-corrected chi connectivity index (χ4v) is 8.49. The molecule has 4 aliphatic rings. The molecule has 0 unspecified atom stereocenters. The van der Waals surface area contributed by atoms with Crippen LogP contribution in [-0.4, -0.2) is 46.1 Å². The highest BCUT2D eigenvalue weighted by Gasteiger charge is 2.70. The molecule has 184 valence electrons. The minimum absolute atomic E-state index is 0.0116. The number of allylic oxidation sites excluding steroid dienone is 1. The summed E-state index contributed by atoms with van der Waals surface area (Å²) in [6, 6.07) is 0. The predicted molar refractivity (Wildman–Crippen MR) is 123 cm³/mol. The van der Waals surface area contributed by atoms with Crippen molar-refractivity contribution in [3.63, 3.8) is 0 Å². The quantitative estimate of drug-likeness (QED) is 0.608. The number of Topliss-reactive ketones (excluding diaryl/α,β-unsaturated/α-hetero) is 1. The molecule has 0 radical (unpaired) electrons. The van der Waals surface area contributed by atoms with Gasteiger partial charge in [0.15, 0.2) is 11.4 Å². The number of carbonyl (C=O) groups excluding carboxylic acids is 3.